The van der Waals surface area contributed by atoms with E-state index in [4.69, 9.17) is 5.73 Å². The molecule has 0 spiro atoms. The van der Waals surface area contributed by atoms with E-state index in [0.717, 1.165) is 19.6 Å². The van der Waals surface area contributed by atoms with Crippen LogP contribution in [0.25, 0.3) is 0 Å². The number of aryl methyl sites for hydroxylation is 1. The quantitative estimate of drug-likeness (QED) is 0.785. The van der Waals surface area contributed by atoms with Crippen LogP contribution in [-0.2, 0) is 0 Å². The fourth-order valence-corrected chi connectivity index (χ4v) is 2.19. The van der Waals surface area contributed by atoms with E-state index in [-0.39, 0.29) is 0 Å². The van der Waals surface area contributed by atoms with Gasteiger partial charge in [0.2, 0.25) is 0 Å². The first-order valence-electron chi connectivity index (χ1n) is 6.73. The maximum Gasteiger partial charge on any atom is 0.0395 e. The van der Waals surface area contributed by atoms with Crippen molar-refractivity contribution in [1.29, 1.82) is 0 Å². The van der Waals surface area contributed by atoms with Crippen LogP contribution in [0.1, 0.15) is 32.3 Å². The maximum absolute atomic E-state index is 5.76. The Kier molecular flexibility index (Phi) is 6.06. The van der Waals surface area contributed by atoms with Gasteiger partial charge in [0.1, 0.15) is 0 Å². The van der Waals surface area contributed by atoms with E-state index >= 15 is 0 Å². The summed E-state index contributed by atoms with van der Waals surface area (Å²) >= 11 is 0. The molecular formula is C15H26N2. The zero-order chi connectivity index (χ0) is 12.7. The van der Waals surface area contributed by atoms with E-state index < -0.39 is 0 Å². The van der Waals surface area contributed by atoms with Crippen LogP contribution in [0.4, 0.5) is 5.69 Å². The van der Waals surface area contributed by atoms with Crippen LogP contribution < -0.4 is 10.6 Å². The van der Waals surface area contributed by atoms with Crippen LogP contribution in [0.2, 0.25) is 0 Å². The summed E-state index contributed by atoms with van der Waals surface area (Å²) in [7, 11) is 0. The van der Waals surface area contributed by atoms with Gasteiger partial charge in [-0.3, -0.25) is 0 Å². The number of benzene rings is 1. The molecular weight excluding hydrogens is 208 g/mol. The Hall–Kier alpha value is -1.02. The normalized spacial score (nSPS) is 12.5. The summed E-state index contributed by atoms with van der Waals surface area (Å²) in [5, 5.41) is 0. The molecule has 0 aliphatic carbocycles. The third-order valence-corrected chi connectivity index (χ3v) is 3.56. The highest BCUT2D eigenvalue weighted by atomic mass is 15.1. The summed E-state index contributed by atoms with van der Waals surface area (Å²) in [6, 6.07) is 8.60. The Labute approximate surface area is 106 Å². The SMILES string of the molecule is CCC(CN)CCN(CC)c1ccccc1C. The minimum absolute atomic E-state index is 0.660. The largest absolute Gasteiger partial charge is 0.372 e. The van der Waals surface area contributed by atoms with Gasteiger partial charge < -0.3 is 10.6 Å². The minimum atomic E-state index is 0.660. The second kappa shape index (κ2) is 7.33. The molecule has 0 aliphatic rings. The third-order valence-electron chi connectivity index (χ3n) is 3.56. The van der Waals surface area contributed by atoms with Crippen molar-refractivity contribution < 1.29 is 0 Å². The molecule has 1 unspecified atom stereocenters. The highest BCUT2D eigenvalue weighted by molar-refractivity contribution is 5.52. The van der Waals surface area contributed by atoms with Crippen LogP contribution in [0.15, 0.2) is 24.3 Å². The van der Waals surface area contributed by atoms with Crippen molar-refractivity contribution >= 4 is 5.69 Å². The molecule has 0 aliphatic heterocycles. The van der Waals surface area contributed by atoms with E-state index in [1.165, 1.54) is 24.1 Å². The highest BCUT2D eigenvalue weighted by Crippen LogP contribution is 2.20. The molecule has 0 amide bonds. The zero-order valence-electron chi connectivity index (χ0n) is 11.4. The van der Waals surface area contributed by atoms with Gasteiger partial charge in [-0.05, 0) is 44.4 Å². The van der Waals surface area contributed by atoms with E-state index in [0.29, 0.717) is 5.92 Å². The van der Waals surface area contributed by atoms with Gasteiger partial charge in [-0.25, -0.2) is 0 Å². The molecule has 2 N–H and O–H groups in total. The molecule has 17 heavy (non-hydrogen) atoms. The molecule has 1 atom stereocenters. The van der Waals surface area contributed by atoms with E-state index in [2.05, 4.69) is 49.9 Å². The molecule has 2 heteroatoms. The number of para-hydroxylation sites is 1. The van der Waals surface area contributed by atoms with Crippen molar-refractivity contribution in [2.24, 2.45) is 11.7 Å². The Morgan fingerprint density at radius 3 is 2.47 bits per heavy atom. The first-order valence-corrected chi connectivity index (χ1v) is 6.73. The maximum atomic E-state index is 5.76. The van der Waals surface area contributed by atoms with Crippen LogP contribution in [0.3, 0.4) is 0 Å². The van der Waals surface area contributed by atoms with Crippen LogP contribution in [-0.4, -0.2) is 19.6 Å². The molecule has 1 rings (SSSR count). The number of nitrogens with two attached hydrogens (primary N) is 1. The van der Waals surface area contributed by atoms with Gasteiger partial charge in [0.05, 0.1) is 0 Å². The molecule has 0 saturated heterocycles. The number of hydrogen-bond acceptors (Lipinski definition) is 2. The highest BCUT2D eigenvalue weighted by Gasteiger charge is 2.09. The van der Waals surface area contributed by atoms with Gasteiger partial charge in [0, 0.05) is 18.8 Å². The monoisotopic (exact) mass is 234 g/mol. The fourth-order valence-electron chi connectivity index (χ4n) is 2.19. The van der Waals surface area contributed by atoms with Crippen LogP contribution in [0, 0.1) is 12.8 Å². The smallest absolute Gasteiger partial charge is 0.0395 e. The second-order valence-electron chi connectivity index (χ2n) is 4.66. The second-order valence-corrected chi connectivity index (χ2v) is 4.66. The summed E-state index contributed by atoms with van der Waals surface area (Å²) < 4.78 is 0. The topological polar surface area (TPSA) is 29.3 Å². The molecule has 96 valence electrons. The average molecular weight is 234 g/mol. The standard InChI is InChI=1S/C15H26N2/c1-4-14(12-16)10-11-17(5-2)15-9-7-6-8-13(15)3/h6-9,14H,4-5,10-12,16H2,1-3H3. The summed E-state index contributed by atoms with van der Waals surface area (Å²) in [5.74, 6) is 0.660. The van der Waals surface area contributed by atoms with Crippen molar-refractivity contribution in [2.45, 2.75) is 33.6 Å². The first-order chi connectivity index (χ1) is 8.22. The molecule has 0 heterocycles. The minimum Gasteiger partial charge on any atom is -0.372 e. The Morgan fingerprint density at radius 1 is 1.24 bits per heavy atom. The summed E-state index contributed by atoms with van der Waals surface area (Å²) in [4.78, 5) is 2.45. The lowest BCUT2D eigenvalue weighted by molar-refractivity contribution is 0.480. The predicted molar refractivity (Wildman–Crippen MR) is 76.5 cm³/mol. The van der Waals surface area contributed by atoms with Gasteiger partial charge in [-0.1, -0.05) is 31.5 Å². The molecule has 1 aromatic rings. The molecule has 2 nitrogen and oxygen atoms in total. The first kappa shape index (κ1) is 14.0. The van der Waals surface area contributed by atoms with E-state index in [1.807, 2.05) is 0 Å². The van der Waals surface area contributed by atoms with Crippen LogP contribution >= 0.6 is 0 Å². The zero-order valence-corrected chi connectivity index (χ0v) is 11.4. The number of nitrogens with zero attached hydrogens (tertiary/aromatic N) is 1. The lowest BCUT2D eigenvalue weighted by Crippen LogP contribution is -2.28. The molecule has 1 aromatic carbocycles. The van der Waals surface area contributed by atoms with E-state index in [1.54, 1.807) is 0 Å². The average Bonchev–Trinajstić information content (AvgIpc) is 2.36. The molecule has 0 aromatic heterocycles. The Balaban J connectivity index is 2.63. The van der Waals surface area contributed by atoms with Gasteiger partial charge in [-0.2, -0.15) is 0 Å². The van der Waals surface area contributed by atoms with Gasteiger partial charge in [-0.15, -0.1) is 0 Å². The van der Waals surface area contributed by atoms with E-state index in [9.17, 15) is 0 Å². The van der Waals surface area contributed by atoms with Crippen molar-refractivity contribution in [1.82, 2.24) is 0 Å². The molecule has 0 fully saturated rings. The van der Waals surface area contributed by atoms with Gasteiger partial charge in [0.15, 0.2) is 0 Å². The van der Waals surface area contributed by atoms with Gasteiger partial charge >= 0.3 is 0 Å². The number of anilines is 1. The van der Waals surface area contributed by atoms with Gasteiger partial charge in [0.25, 0.3) is 0 Å². The summed E-state index contributed by atoms with van der Waals surface area (Å²) in [6.07, 6.45) is 2.37. The summed E-state index contributed by atoms with van der Waals surface area (Å²) in [6.45, 7) is 9.60. The molecule has 0 radical (unpaired) electrons. The lowest BCUT2D eigenvalue weighted by Gasteiger charge is -2.26. The summed E-state index contributed by atoms with van der Waals surface area (Å²) in [5.41, 5.74) is 8.48. The third kappa shape index (κ3) is 4.04. The van der Waals surface area contributed by atoms with Crippen molar-refractivity contribution in [3.8, 4) is 0 Å². The molecule has 0 bridgehead atoms. The van der Waals surface area contributed by atoms with Crippen molar-refractivity contribution in [2.75, 3.05) is 24.5 Å². The molecule has 0 saturated carbocycles. The number of hydrogen-bond donors (Lipinski definition) is 1. The number of rotatable bonds is 7. The lowest BCUT2D eigenvalue weighted by atomic mass is 10.0. The Morgan fingerprint density at radius 2 is 1.94 bits per heavy atom. The van der Waals surface area contributed by atoms with Crippen molar-refractivity contribution in [3.63, 3.8) is 0 Å². The Bertz CT molecular complexity index is 318. The predicted octanol–water partition coefficient (Wildman–Crippen LogP) is 3.20. The fraction of sp³-hybridized carbons (Fsp3) is 0.600. The van der Waals surface area contributed by atoms with Crippen LogP contribution in [0.5, 0.6) is 0 Å². The van der Waals surface area contributed by atoms with Crippen molar-refractivity contribution in [3.05, 3.63) is 29.8 Å².